The summed E-state index contributed by atoms with van der Waals surface area (Å²) in [5.41, 5.74) is 1.51. The fraction of sp³-hybridized carbons (Fsp3) is 0.533. The SMILES string of the molecule is CCC1(C(=O)Nc2ccc(C)c(Cl)c2)CCCNC1. The third-order valence-corrected chi connectivity index (χ3v) is 4.47. The molecule has 1 aromatic carbocycles. The van der Waals surface area contributed by atoms with Crippen LogP contribution in [0.4, 0.5) is 5.69 Å². The van der Waals surface area contributed by atoms with Gasteiger partial charge in [-0.15, -0.1) is 0 Å². The van der Waals surface area contributed by atoms with Crippen molar-refractivity contribution in [3.63, 3.8) is 0 Å². The minimum atomic E-state index is -0.282. The zero-order valence-electron chi connectivity index (χ0n) is 11.6. The van der Waals surface area contributed by atoms with Crippen molar-refractivity contribution in [3.05, 3.63) is 28.8 Å². The lowest BCUT2D eigenvalue weighted by molar-refractivity contribution is -0.126. The van der Waals surface area contributed by atoms with Crippen LogP contribution in [-0.4, -0.2) is 19.0 Å². The van der Waals surface area contributed by atoms with Crippen LogP contribution in [0.3, 0.4) is 0 Å². The van der Waals surface area contributed by atoms with Crippen LogP contribution in [0.25, 0.3) is 0 Å². The molecule has 2 rings (SSSR count). The van der Waals surface area contributed by atoms with Gasteiger partial charge < -0.3 is 10.6 Å². The molecule has 1 aliphatic rings. The Morgan fingerprint density at radius 2 is 2.32 bits per heavy atom. The molecule has 0 aliphatic carbocycles. The average molecular weight is 281 g/mol. The minimum Gasteiger partial charge on any atom is -0.326 e. The number of halogens is 1. The zero-order valence-corrected chi connectivity index (χ0v) is 12.3. The van der Waals surface area contributed by atoms with Crippen molar-refractivity contribution in [2.24, 2.45) is 5.41 Å². The standard InChI is InChI=1S/C15H21ClN2O/c1-3-15(7-4-8-17-10-15)14(19)18-12-6-5-11(2)13(16)9-12/h5-6,9,17H,3-4,7-8,10H2,1-2H3,(H,18,19). The Morgan fingerprint density at radius 1 is 1.53 bits per heavy atom. The molecule has 1 heterocycles. The lowest BCUT2D eigenvalue weighted by Crippen LogP contribution is -2.47. The van der Waals surface area contributed by atoms with Crippen molar-refractivity contribution in [1.82, 2.24) is 5.32 Å². The number of hydrogen-bond donors (Lipinski definition) is 2. The topological polar surface area (TPSA) is 41.1 Å². The van der Waals surface area contributed by atoms with E-state index in [2.05, 4.69) is 17.6 Å². The maximum atomic E-state index is 12.5. The molecule has 0 spiro atoms. The first-order valence-electron chi connectivity index (χ1n) is 6.86. The van der Waals surface area contributed by atoms with E-state index in [4.69, 9.17) is 11.6 Å². The third-order valence-electron chi connectivity index (χ3n) is 4.06. The zero-order chi connectivity index (χ0) is 13.9. The fourth-order valence-electron chi connectivity index (χ4n) is 2.56. The summed E-state index contributed by atoms with van der Waals surface area (Å²) in [6, 6.07) is 5.64. The van der Waals surface area contributed by atoms with E-state index in [9.17, 15) is 4.79 Å². The molecule has 1 aromatic rings. The molecule has 0 radical (unpaired) electrons. The van der Waals surface area contributed by atoms with E-state index >= 15 is 0 Å². The van der Waals surface area contributed by atoms with Gasteiger partial charge in [-0.3, -0.25) is 4.79 Å². The highest BCUT2D eigenvalue weighted by Crippen LogP contribution is 2.32. The normalized spacial score (nSPS) is 23.1. The van der Waals surface area contributed by atoms with Crippen molar-refractivity contribution in [3.8, 4) is 0 Å². The van der Waals surface area contributed by atoms with E-state index < -0.39 is 0 Å². The van der Waals surface area contributed by atoms with Gasteiger partial charge in [-0.25, -0.2) is 0 Å². The Balaban J connectivity index is 2.12. The Kier molecular flexibility index (Phi) is 4.48. The molecule has 1 unspecified atom stereocenters. The molecule has 1 atom stereocenters. The molecule has 0 saturated carbocycles. The third kappa shape index (κ3) is 3.10. The molecule has 1 fully saturated rings. The van der Waals surface area contributed by atoms with Crippen LogP contribution >= 0.6 is 11.6 Å². The maximum Gasteiger partial charge on any atom is 0.231 e. The summed E-state index contributed by atoms with van der Waals surface area (Å²) in [6.07, 6.45) is 2.85. The molecular formula is C15H21ClN2O. The largest absolute Gasteiger partial charge is 0.326 e. The summed E-state index contributed by atoms with van der Waals surface area (Å²) in [4.78, 5) is 12.5. The van der Waals surface area contributed by atoms with E-state index in [0.717, 1.165) is 43.6 Å². The first-order chi connectivity index (χ1) is 9.07. The second-order valence-corrected chi connectivity index (χ2v) is 5.74. The highest BCUT2D eigenvalue weighted by atomic mass is 35.5. The first kappa shape index (κ1) is 14.4. The molecular weight excluding hydrogens is 260 g/mol. The van der Waals surface area contributed by atoms with Crippen LogP contribution in [0.5, 0.6) is 0 Å². The lowest BCUT2D eigenvalue weighted by atomic mass is 9.77. The van der Waals surface area contributed by atoms with Crippen LogP contribution in [0.2, 0.25) is 5.02 Å². The van der Waals surface area contributed by atoms with E-state index in [0.29, 0.717) is 5.02 Å². The molecule has 1 saturated heterocycles. The monoisotopic (exact) mass is 280 g/mol. The number of carbonyl (C=O) groups excluding carboxylic acids is 1. The quantitative estimate of drug-likeness (QED) is 0.891. The Morgan fingerprint density at radius 3 is 2.89 bits per heavy atom. The van der Waals surface area contributed by atoms with Gasteiger partial charge in [0, 0.05) is 17.3 Å². The number of piperidine rings is 1. The van der Waals surface area contributed by atoms with Gasteiger partial charge in [0.05, 0.1) is 5.41 Å². The number of carbonyl (C=O) groups is 1. The second-order valence-electron chi connectivity index (χ2n) is 5.33. The predicted molar refractivity (Wildman–Crippen MR) is 79.6 cm³/mol. The number of hydrogen-bond acceptors (Lipinski definition) is 2. The van der Waals surface area contributed by atoms with Gasteiger partial charge in [0.1, 0.15) is 0 Å². The van der Waals surface area contributed by atoms with E-state index in [1.807, 2.05) is 25.1 Å². The van der Waals surface area contributed by atoms with Crippen LogP contribution < -0.4 is 10.6 Å². The van der Waals surface area contributed by atoms with E-state index in [-0.39, 0.29) is 11.3 Å². The number of rotatable bonds is 3. The summed E-state index contributed by atoms with van der Waals surface area (Å²) >= 11 is 6.09. The first-order valence-corrected chi connectivity index (χ1v) is 7.23. The summed E-state index contributed by atoms with van der Waals surface area (Å²) < 4.78 is 0. The van der Waals surface area contributed by atoms with E-state index in [1.165, 1.54) is 0 Å². The van der Waals surface area contributed by atoms with Gasteiger partial charge in [-0.2, -0.15) is 0 Å². The van der Waals surface area contributed by atoms with Crippen molar-refractivity contribution in [2.45, 2.75) is 33.1 Å². The second kappa shape index (κ2) is 5.93. The predicted octanol–water partition coefficient (Wildman–Crippen LogP) is 3.37. The van der Waals surface area contributed by atoms with Gasteiger partial charge in [-0.1, -0.05) is 24.6 Å². The number of anilines is 1. The number of aryl methyl sites for hydroxylation is 1. The van der Waals surface area contributed by atoms with E-state index in [1.54, 1.807) is 0 Å². The summed E-state index contributed by atoms with van der Waals surface area (Å²) in [6.45, 7) is 5.79. The molecule has 1 amide bonds. The van der Waals surface area contributed by atoms with Crippen molar-refractivity contribution < 1.29 is 4.79 Å². The molecule has 0 bridgehead atoms. The van der Waals surface area contributed by atoms with Crippen molar-refractivity contribution in [1.29, 1.82) is 0 Å². The van der Waals surface area contributed by atoms with Crippen LogP contribution in [-0.2, 0) is 4.79 Å². The highest BCUT2D eigenvalue weighted by molar-refractivity contribution is 6.31. The molecule has 19 heavy (non-hydrogen) atoms. The lowest BCUT2D eigenvalue weighted by Gasteiger charge is -2.35. The van der Waals surface area contributed by atoms with Gasteiger partial charge in [0.2, 0.25) is 5.91 Å². The Bertz CT molecular complexity index is 467. The van der Waals surface area contributed by atoms with Crippen LogP contribution in [0, 0.1) is 12.3 Å². The Hall–Kier alpha value is -1.06. The number of nitrogens with one attached hydrogen (secondary N) is 2. The van der Waals surface area contributed by atoms with Crippen molar-refractivity contribution in [2.75, 3.05) is 18.4 Å². The number of benzene rings is 1. The molecule has 0 aromatic heterocycles. The fourth-order valence-corrected chi connectivity index (χ4v) is 2.74. The Labute approximate surface area is 119 Å². The molecule has 4 heteroatoms. The molecule has 2 N–H and O–H groups in total. The van der Waals surface area contributed by atoms with Crippen molar-refractivity contribution >= 4 is 23.2 Å². The van der Waals surface area contributed by atoms with Gasteiger partial charge >= 0.3 is 0 Å². The summed E-state index contributed by atoms with van der Waals surface area (Å²) in [5.74, 6) is 0.0992. The summed E-state index contributed by atoms with van der Waals surface area (Å²) in [7, 11) is 0. The summed E-state index contributed by atoms with van der Waals surface area (Å²) in [5, 5.41) is 7.02. The van der Waals surface area contributed by atoms with Gasteiger partial charge in [0.15, 0.2) is 0 Å². The van der Waals surface area contributed by atoms with Gasteiger partial charge in [0.25, 0.3) is 0 Å². The molecule has 104 valence electrons. The van der Waals surface area contributed by atoms with Crippen LogP contribution in [0.1, 0.15) is 31.7 Å². The highest BCUT2D eigenvalue weighted by Gasteiger charge is 2.37. The van der Waals surface area contributed by atoms with Crippen LogP contribution in [0.15, 0.2) is 18.2 Å². The smallest absolute Gasteiger partial charge is 0.231 e. The minimum absolute atomic E-state index is 0.0992. The van der Waals surface area contributed by atoms with Gasteiger partial charge in [-0.05, 0) is 50.4 Å². The maximum absolute atomic E-state index is 12.5. The molecule has 1 aliphatic heterocycles. The number of amides is 1. The average Bonchev–Trinajstić information content (AvgIpc) is 2.43. The molecule has 3 nitrogen and oxygen atoms in total.